The average molecular weight is 326 g/mol. The van der Waals surface area contributed by atoms with Crippen molar-refractivity contribution < 1.29 is 14.3 Å². The van der Waals surface area contributed by atoms with Gasteiger partial charge in [0.2, 0.25) is 5.91 Å². The van der Waals surface area contributed by atoms with Crippen LogP contribution in [0.3, 0.4) is 0 Å². The summed E-state index contributed by atoms with van der Waals surface area (Å²) in [6.45, 7) is 3.30. The highest BCUT2D eigenvalue weighted by atomic mass is 16.5. The maximum absolute atomic E-state index is 12.2. The van der Waals surface area contributed by atoms with Crippen LogP contribution in [-0.4, -0.2) is 24.1 Å². The summed E-state index contributed by atoms with van der Waals surface area (Å²) in [6, 6.07) is 9.62. The number of hydrogen-bond acceptors (Lipinski definition) is 4. The summed E-state index contributed by atoms with van der Waals surface area (Å²) in [4.78, 5) is 16.2. The number of carbonyl (C=O) groups is 1. The number of hydrogen-bond donors (Lipinski definition) is 1. The van der Waals surface area contributed by atoms with E-state index in [0.717, 1.165) is 29.0 Å². The number of aryl methyl sites for hydroxylation is 1. The molecule has 0 bridgehead atoms. The first-order valence-corrected chi connectivity index (χ1v) is 8.30. The molecule has 126 valence electrons. The van der Waals surface area contributed by atoms with E-state index in [0.29, 0.717) is 26.1 Å². The molecule has 5 nitrogen and oxygen atoms in total. The van der Waals surface area contributed by atoms with Crippen LogP contribution in [0.4, 0.5) is 0 Å². The van der Waals surface area contributed by atoms with Crippen LogP contribution >= 0.6 is 0 Å². The summed E-state index contributed by atoms with van der Waals surface area (Å²) in [5.74, 6) is 1.55. The Bertz CT molecular complexity index is 688. The highest BCUT2D eigenvalue weighted by Gasteiger charge is 2.15. The fourth-order valence-electron chi connectivity index (χ4n) is 2.65. The fraction of sp³-hybridized carbons (Fsp3) is 0.368. The van der Waals surface area contributed by atoms with Gasteiger partial charge in [-0.15, -0.1) is 0 Å². The number of nitrogens with one attached hydrogen (secondary N) is 1. The van der Waals surface area contributed by atoms with Crippen molar-refractivity contribution in [3.05, 3.63) is 53.9 Å². The van der Waals surface area contributed by atoms with Crippen LogP contribution in [0.25, 0.3) is 0 Å². The molecule has 1 unspecified atom stereocenters. The number of pyridine rings is 1. The molecule has 24 heavy (non-hydrogen) atoms. The zero-order valence-corrected chi connectivity index (χ0v) is 13.8. The second-order valence-corrected chi connectivity index (χ2v) is 5.91. The second kappa shape index (κ2) is 7.81. The second-order valence-electron chi connectivity index (χ2n) is 5.91. The summed E-state index contributed by atoms with van der Waals surface area (Å²) >= 11 is 0. The Hall–Kier alpha value is -2.56. The van der Waals surface area contributed by atoms with Gasteiger partial charge in [0.1, 0.15) is 0 Å². The van der Waals surface area contributed by atoms with Gasteiger partial charge in [-0.2, -0.15) is 0 Å². The maximum Gasteiger partial charge on any atom is 0.220 e. The zero-order chi connectivity index (χ0) is 16.8. The lowest BCUT2D eigenvalue weighted by molar-refractivity contribution is -0.121. The molecule has 3 rings (SSSR count). The highest BCUT2D eigenvalue weighted by Crippen LogP contribution is 2.32. The molecule has 1 aliphatic heterocycles. The van der Waals surface area contributed by atoms with Crippen molar-refractivity contribution in [3.63, 3.8) is 0 Å². The molecule has 0 radical (unpaired) electrons. The molecule has 0 saturated heterocycles. The predicted octanol–water partition coefficient (Wildman–Crippen LogP) is 3.05. The van der Waals surface area contributed by atoms with Gasteiger partial charge in [-0.25, -0.2) is 0 Å². The molecule has 2 heterocycles. The highest BCUT2D eigenvalue weighted by molar-refractivity contribution is 5.76. The Morgan fingerprint density at radius 3 is 2.88 bits per heavy atom. The van der Waals surface area contributed by atoms with Crippen LogP contribution in [0.1, 0.15) is 36.9 Å². The largest absolute Gasteiger partial charge is 0.490 e. The van der Waals surface area contributed by atoms with Gasteiger partial charge in [-0.3, -0.25) is 9.78 Å². The van der Waals surface area contributed by atoms with Crippen LogP contribution in [-0.2, 0) is 11.2 Å². The first-order chi connectivity index (χ1) is 11.7. The predicted molar refractivity (Wildman–Crippen MR) is 91.2 cm³/mol. The van der Waals surface area contributed by atoms with Gasteiger partial charge in [-0.1, -0.05) is 12.1 Å². The minimum absolute atomic E-state index is 0.0264. The van der Waals surface area contributed by atoms with Crippen molar-refractivity contribution in [3.8, 4) is 11.5 Å². The molecular formula is C19H22N2O3. The van der Waals surface area contributed by atoms with E-state index < -0.39 is 0 Å². The fourth-order valence-corrected chi connectivity index (χ4v) is 2.65. The Kier molecular flexibility index (Phi) is 5.31. The third kappa shape index (κ3) is 4.25. The van der Waals surface area contributed by atoms with Gasteiger partial charge < -0.3 is 14.8 Å². The summed E-state index contributed by atoms with van der Waals surface area (Å²) in [6.07, 6.45) is 5.54. The van der Waals surface area contributed by atoms with Crippen molar-refractivity contribution in [2.75, 3.05) is 13.2 Å². The molecule has 1 aromatic carbocycles. The number of nitrogens with zero attached hydrogens (tertiary/aromatic N) is 1. The molecule has 0 fully saturated rings. The minimum atomic E-state index is -0.0800. The molecule has 5 heteroatoms. The smallest absolute Gasteiger partial charge is 0.220 e. The molecule has 0 saturated carbocycles. The number of rotatable bonds is 5. The summed E-state index contributed by atoms with van der Waals surface area (Å²) in [5, 5.41) is 3.03. The normalized spacial score (nSPS) is 14.5. The monoisotopic (exact) mass is 326 g/mol. The number of amides is 1. The van der Waals surface area contributed by atoms with Gasteiger partial charge in [0.25, 0.3) is 0 Å². The van der Waals surface area contributed by atoms with Gasteiger partial charge in [0.05, 0.1) is 19.3 Å². The number of fused-ring (bicyclic) bond motifs is 1. The van der Waals surface area contributed by atoms with Crippen molar-refractivity contribution in [2.45, 2.75) is 32.2 Å². The van der Waals surface area contributed by atoms with Gasteiger partial charge in [0.15, 0.2) is 11.5 Å². The number of carbonyl (C=O) groups excluding carboxylic acids is 1. The van der Waals surface area contributed by atoms with Crippen LogP contribution in [0, 0.1) is 0 Å². The van der Waals surface area contributed by atoms with E-state index in [2.05, 4.69) is 10.3 Å². The van der Waals surface area contributed by atoms with Gasteiger partial charge in [0, 0.05) is 25.2 Å². The van der Waals surface area contributed by atoms with Crippen molar-refractivity contribution >= 4 is 5.91 Å². The van der Waals surface area contributed by atoms with E-state index in [-0.39, 0.29) is 11.9 Å². The maximum atomic E-state index is 12.2. The molecule has 0 aliphatic carbocycles. The standard InChI is InChI=1S/C19H22N2O3/c1-14(21-19(22)8-5-15-4-2-9-20-13-15)16-6-7-17-18(12-16)24-11-3-10-23-17/h2,4,6-7,9,12-14H,3,5,8,10-11H2,1H3,(H,21,22). The Balaban J connectivity index is 1.57. The van der Waals surface area contributed by atoms with E-state index in [1.54, 1.807) is 12.4 Å². The molecular weight excluding hydrogens is 304 g/mol. The molecule has 1 atom stereocenters. The molecule has 1 aliphatic rings. The molecule has 1 aromatic heterocycles. The van der Waals surface area contributed by atoms with E-state index in [9.17, 15) is 4.79 Å². The summed E-state index contributed by atoms with van der Waals surface area (Å²) in [7, 11) is 0. The van der Waals surface area contributed by atoms with E-state index in [4.69, 9.17) is 9.47 Å². The van der Waals surface area contributed by atoms with E-state index >= 15 is 0 Å². The molecule has 1 N–H and O–H groups in total. The van der Waals surface area contributed by atoms with E-state index in [1.807, 2.05) is 37.3 Å². The first-order valence-electron chi connectivity index (χ1n) is 8.30. The molecule has 0 spiro atoms. The van der Waals surface area contributed by atoms with Crippen LogP contribution < -0.4 is 14.8 Å². The topological polar surface area (TPSA) is 60.5 Å². The lowest BCUT2D eigenvalue weighted by atomic mass is 10.1. The summed E-state index contributed by atoms with van der Waals surface area (Å²) in [5.41, 5.74) is 2.07. The Labute approximate surface area is 142 Å². The quantitative estimate of drug-likeness (QED) is 0.917. The van der Waals surface area contributed by atoms with Gasteiger partial charge >= 0.3 is 0 Å². The van der Waals surface area contributed by atoms with Crippen molar-refractivity contribution in [1.82, 2.24) is 10.3 Å². The SMILES string of the molecule is CC(NC(=O)CCc1cccnc1)c1ccc2c(c1)OCCCO2. The van der Waals surface area contributed by atoms with Crippen molar-refractivity contribution in [1.29, 1.82) is 0 Å². The van der Waals surface area contributed by atoms with Crippen LogP contribution in [0.5, 0.6) is 11.5 Å². The first kappa shape index (κ1) is 16.3. The number of benzene rings is 1. The van der Waals surface area contributed by atoms with Gasteiger partial charge in [-0.05, 0) is 42.7 Å². The third-order valence-electron chi connectivity index (χ3n) is 4.01. The van der Waals surface area contributed by atoms with E-state index in [1.165, 1.54) is 0 Å². The summed E-state index contributed by atoms with van der Waals surface area (Å²) < 4.78 is 11.3. The third-order valence-corrected chi connectivity index (χ3v) is 4.01. The van der Waals surface area contributed by atoms with Crippen molar-refractivity contribution in [2.24, 2.45) is 0 Å². The number of ether oxygens (including phenoxy) is 2. The zero-order valence-electron chi connectivity index (χ0n) is 13.8. The Morgan fingerprint density at radius 2 is 2.08 bits per heavy atom. The average Bonchev–Trinajstić information content (AvgIpc) is 2.85. The molecule has 2 aromatic rings. The Morgan fingerprint density at radius 1 is 1.25 bits per heavy atom. The number of aromatic nitrogens is 1. The lowest BCUT2D eigenvalue weighted by Gasteiger charge is -2.16. The van der Waals surface area contributed by atoms with Crippen LogP contribution in [0.15, 0.2) is 42.7 Å². The molecule has 1 amide bonds. The minimum Gasteiger partial charge on any atom is -0.490 e. The lowest BCUT2D eigenvalue weighted by Crippen LogP contribution is -2.26. The van der Waals surface area contributed by atoms with Crippen LogP contribution in [0.2, 0.25) is 0 Å².